The lowest BCUT2D eigenvalue weighted by molar-refractivity contribution is 0.0555. The molecular formula is C22H25NO5. The second kappa shape index (κ2) is 10.9. The fourth-order valence-corrected chi connectivity index (χ4v) is 2.92. The van der Waals surface area contributed by atoms with Crippen LogP contribution in [0.1, 0.15) is 50.3 Å². The van der Waals surface area contributed by atoms with Crippen LogP contribution in [-0.2, 0) is 9.47 Å². The zero-order chi connectivity index (χ0) is 20.4. The van der Waals surface area contributed by atoms with Crippen LogP contribution < -0.4 is 0 Å². The summed E-state index contributed by atoms with van der Waals surface area (Å²) in [4.78, 5) is 36.3. The van der Waals surface area contributed by atoms with E-state index in [-0.39, 0.29) is 17.0 Å². The molecule has 6 heteroatoms. The zero-order valence-corrected chi connectivity index (χ0v) is 16.2. The van der Waals surface area contributed by atoms with Crippen molar-refractivity contribution in [2.24, 2.45) is 0 Å². The molecule has 1 amide bonds. The third-order valence-electron chi connectivity index (χ3n) is 4.40. The normalized spacial score (nSPS) is 13.0. The standard InChI is InChI=1S/C12H15NO.C10H10O4/c14-12(11-7-3-1-4-8-11)13-9-5-2-6-10-13;1-13-9(11)7-5-3-4-6-8(7)10(12)14-2/h1,3-4,7-8H,2,5-6,9-10H2;3-6H,1-2H3. The van der Waals surface area contributed by atoms with Gasteiger partial charge in [-0.2, -0.15) is 0 Å². The highest BCUT2D eigenvalue weighted by atomic mass is 16.5. The summed E-state index contributed by atoms with van der Waals surface area (Å²) in [5, 5.41) is 0. The largest absolute Gasteiger partial charge is 0.465 e. The van der Waals surface area contributed by atoms with Gasteiger partial charge in [0.1, 0.15) is 0 Å². The lowest BCUT2D eigenvalue weighted by Crippen LogP contribution is -2.35. The van der Waals surface area contributed by atoms with Crippen molar-refractivity contribution >= 4 is 17.8 Å². The molecule has 1 saturated heterocycles. The Morgan fingerprint density at radius 1 is 0.714 bits per heavy atom. The molecule has 0 saturated carbocycles. The molecule has 0 unspecified atom stereocenters. The summed E-state index contributed by atoms with van der Waals surface area (Å²) in [6.45, 7) is 1.85. The smallest absolute Gasteiger partial charge is 0.338 e. The van der Waals surface area contributed by atoms with Gasteiger partial charge in [0.2, 0.25) is 0 Å². The Morgan fingerprint density at radius 2 is 1.18 bits per heavy atom. The van der Waals surface area contributed by atoms with E-state index in [2.05, 4.69) is 9.47 Å². The Hall–Kier alpha value is -3.15. The number of methoxy groups -OCH3 is 2. The summed E-state index contributed by atoms with van der Waals surface area (Å²) >= 11 is 0. The van der Waals surface area contributed by atoms with Crippen LogP contribution in [0.5, 0.6) is 0 Å². The first kappa shape index (κ1) is 21.2. The minimum Gasteiger partial charge on any atom is -0.465 e. The first-order chi connectivity index (χ1) is 13.6. The highest BCUT2D eigenvalue weighted by molar-refractivity contribution is 6.03. The molecule has 1 aliphatic rings. The number of likely N-dealkylation sites (tertiary alicyclic amines) is 1. The molecule has 148 valence electrons. The van der Waals surface area contributed by atoms with Crippen LogP contribution in [0, 0.1) is 0 Å². The Morgan fingerprint density at radius 3 is 1.64 bits per heavy atom. The lowest BCUT2D eigenvalue weighted by atomic mass is 10.1. The van der Waals surface area contributed by atoms with E-state index in [1.807, 2.05) is 35.2 Å². The highest BCUT2D eigenvalue weighted by Crippen LogP contribution is 2.13. The Balaban J connectivity index is 0.000000200. The number of hydrogen-bond acceptors (Lipinski definition) is 5. The molecule has 0 bridgehead atoms. The SMILES string of the molecule is COC(=O)c1ccccc1C(=O)OC.O=C(c1ccccc1)N1CCCCC1. The number of carbonyl (C=O) groups is 3. The third-order valence-corrected chi connectivity index (χ3v) is 4.40. The van der Waals surface area contributed by atoms with Crippen molar-refractivity contribution in [3.63, 3.8) is 0 Å². The van der Waals surface area contributed by atoms with Gasteiger partial charge in [-0.15, -0.1) is 0 Å². The van der Waals surface area contributed by atoms with Crippen molar-refractivity contribution in [3.05, 3.63) is 71.3 Å². The fourth-order valence-electron chi connectivity index (χ4n) is 2.92. The number of carbonyl (C=O) groups excluding carboxylic acids is 3. The van der Waals surface area contributed by atoms with Crippen molar-refractivity contribution in [1.29, 1.82) is 0 Å². The monoisotopic (exact) mass is 383 g/mol. The molecule has 1 fully saturated rings. The predicted molar refractivity (Wildman–Crippen MR) is 105 cm³/mol. The molecule has 1 heterocycles. The summed E-state index contributed by atoms with van der Waals surface area (Å²) in [6.07, 6.45) is 3.57. The van der Waals surface area contributed by atoms with Gasteiger partial charge in [-0.05, 0) is 43.5 Å². The topological polar surface area (TPSA) is 72.9 Å². The molecule has 0 radical (unpaired) electrons. The zero-order valence-electron chi connectivity index (χ0n) is 16.2. The van der Waals surface area contributed by atoms with E-state index in [0.717, 1.165) is 31.5 Å². The summed E-state index contributed by atoms with van der Waals surface area (Å²) in [5.41, 5.74) is 1.23. The number of piperidine rings is 1. The van der Waals surface area contributed by atoms with Crippen LogP contribution in [0.4, 0.5) is 0 Å². The van der Waals surface area contributed by atoms with E-state index in [1.165, 1.54) is 32.8 Å². The summed E-state index contributed by atoms with van der Waals surface area (Å²) in [5.74, 6) is -0.915. The average molecular weight is 383 g/mol. The lowest BCUT2D eigenvalue weighted by Gasteiger charge is -2.26. The van der Waals surface area contributed by atoms with Gasteiger partial charge in [0.05, 0.1) is 25.3 Å². The summed E-state index contributed by atoms with van der Waals surface area (Å²) < 4.78 is 9.05. The molecule has 28 heavy (non-hydrogen) atoms. The molecule has 2 aromatic carbocycles. The van der Waals surface area contributed by atoms with Crippen LogP contribution in [0.3, 0.4) is 0 Å². The molecule has 2 aromatic rings. The third kappa shape index (κ3) is 5.67. The molecule has 0 aliphatic carbocycles. The van der Waals surface area contributed by atoms with Gasteiger partial charge in [0.25, 0.3) is 5.91 Å². The molecule has 6 nitrogen and oxygen atoms in total. The van der Waals surface area contributed by atoms with Crippen LogP contribution in [0.25, 0.3) is 0 Å². The number of nitrogens with zero attached hydrogens (tertiary/aromatic N) is 1. The first-order valence-electron chi connectivity index (χ1n) is 9.18. The van der Waals surface area contributed by atoms with E-state index < -0.39 is 11.9 Å². The van der Waals surface area contributed by atoms with Gasteiger partial charge in [-0.3, -0.25) is 4.79 Å². The molecule has 0 atom stereocenters. The predicted octanol–water partition coefficient (Wildman–Crippen LogP) is 3.57. The van der Waals surface area contributed by atoms with Gasteiger partial charge in [0.15, 0.2) is 0 Å². The number of esters is 2. The minimum absolute atomic E-state index is 0.185. The number of hydrogen-bond donors (Lipinski definition) is 0. The second-order valence-electron chi connectivity index (χ2n) is 6.25. The van der Waals surface area contributed by atoms with E-state index in [4.69, 9.17) is 0 Å². The summed E-state index contributed by atoms with van der Waals surface area (Å²) in [6, 6.07) is 15.9. The molecule has 0 N–H and O–H groups in total. The van der Waals surface area contributed by atoms with Crippen molar-refractivity contribution in [1.82, 2.24) is 4.90 Å². The quantitative estimate of drug-likeness (QED) is 0.758. The van der Waals surface area contributed by atoms with E-state index in [1.54, 1.807) is 12.1 Å². The van der Waals surface area contributed by atoms with Gasteiger partial charge < -0.3 is 14.4 Å². The Labute approximate surface area is 165 Å². The molecule has 0 spiro atoms. The minimum atomic E-state index is -0.550. The maximum atomic E-state index is 11.9. The van der Waals surface area contributed by atoms with Gasteiger partial charge >= 0.3 is 11.9 Å². The number of amides is 1. The average Bonchev–Trinajstić information content (AvgIpc) is 2.79. The Kier molecular flexibility index (Phi) is 8.21. The fraction of sp³-hybridized carbons (Fsp3) is 0.318. The number of rotatable bonds is 3. The molecular weight excluding hydrogens is 358 g/mol. The van der Waals surface area contributed by atoms with Gasteiger partial charge in [-0.1, -0.05) is 30.3 Å². The number of ether oxygens (including phenoxy) is 2. The molecule has 3 rings (SSSR count). The van der Waals surface area contributed by atoms with E-state index >= 15 is 0 Å². The van der Waals surface area contributed by atoms with Gasteiger partial charge in [-0.25, -0.2) is 9.59 Å². The van der Waals surface area contributed by atoms with Crippen molar-refractivity contribution in [3.8, 4) is 0 Å². The first-order valence-corrected chi connectivity index (χ1v) is 9.18. The van der Waals surface area contributed by atoms with Crippen molar-refractivity contribution in [2.75, 3.05) is 27.3 Å². The maximum absolute atomic E-state index is 11.9. The van der Waals surface area contributed by atoms with E-state index in [9.17, 15) is 14.4 Å². The van der Waals surface area contributed by atoms with Crippen molar-refractivity contribution < 1.29 is 23.9 Å². The number of benzene rings is 2. The summed E-state index contributed by atoms with van der Waals surface area (Å²) in [7, 11) is 2.52. The van der Waals surface area contributed by atoms with Crippen LogP contribution in [0.2, 0.25) is 0 Å². The van der Waals surface area contributed by atoms with E-state index in [0.29, 0.717) is 0 Å². The van der Waals surface area contributed by atoms with Crippen molar-refractivity contribution in [2.45, 2.75) is 19.3 Å². The molecule has 0 aromatic heterocycles. The second-order valence-corrected chi connectivity index (χ2v) is 6.25. The van der Waals surface area contributed by atoms with Gasteiger partial charge in [0, 0.05) is 18.7 Å². The molecule has 1 aliphatic heterocycles. The van der Waals surface area contributed by atoms with Crippen LogP contribution in [0.15, 0.2) is 54.6 Å². The van der Waals surface area contributed by atoms with Crippen LogP contribution in [-0.4, -0.2) is 50.1 Å². The van der Waals surface area contributed by atoms with Crippen LogP contribution >= 0.6 is 0 Å². The maximum Gasteiger partial charge on any atom is 0.338 e. The highest BCUT2D eigenvalue weighted by Gasteiger charge is 2.17. The Bertz CT molecular complexity index is 763.